The van der Waals surface area contributed by atoms with Gasteiger partial charge in [-0.2, -0.15) is 0 Å². The van der Waals surface area contributed by atoms with Crippen molar-refractivity contribution in [2.75, 3.05) is 17.6 Å². The molecule has 0 bridgehead atoms. The number of hydrogen-bond donors (Lipinski definition) is 3. The van der Waals surface area contributed by atoms with E-state index in [2.05, 4.69) is 10.6 Å². The molecule has 2 aromatic carbocycles. The number of aryl methyl sites for hydroxylation is 3. The summed E-state index contributed by atoms with van der Waals surface area (Å²) in [5, 5.41) is 6.37. The number of thioether (sulfide) groups is 1. The Morgan fingerprint density at radius 3 is 2.49 bits per heavy atom. The molecule has 5 rings (SSSR count). The lowest BCUT2D eigenvalue weighted by atomic mass is 9.97. The van der Waals surface area contributed by atoms with Crippen LogP contribution in [0.25, 0.3) is 15.9 Å². The van der Waals surface area contributed by atoms with Crippen LogP contribution in [0.15, 0.2) is 63.4 Å². The Morgan fingerprint density at radius 2 is 1.77 bits per heavy atom. The molecule has 0 saturated carbocycles. The molecule has 3 N–H and O–H groups in total. The van der Waals surface area contributed by atoms with Crippen molar-refractivity contribution in [1.29, 1.82) is 0 Å². The van der Waals surface area contributed by atoms with Crippen LogP contribution in [0.1, 0.15) is 48.6 Å². The number of nitrogens with one attached hydrogen (secondary N) is 3. The summed E-state index contributed by atoms with van der Waals surface area (Å²) in [5.41, 5.74) is 3.13. The predicted molar refractivity (Wildman–Crippen MR) is 171 cm³/mol. The third kappa shape index (κ3) is 7.11. The molecule has 2 aromatic heterocycles. The third-order valence-electron chi connectivity index (χ3n) is 7.07. The van der Waals surface area contributed by atoms with Gasteiger partial charge in [0.25, 0.3) is 15.6 Å². The normalized spacial score (nSPS) is 13.0. The summed E-state index contributed by atoms with van der Waals surface area (Å²) in [4.78, 5) is 45.4. The average molecular weight is 640 g/mol. The van der Waals surface area contributed by atoms with Gasteiger partial charge in [-0.05, 0) is 81.0 Å². The standard InChI is InChI=1S/C30H33N5O5S3/c1-3-4-17-31-29(38)34-43(39,40)22-15-11-20(12-16-22)32-25(36)18-41-30-33-27-26(23-7-5-6-8-24(23)42-27)28(37)35(30)21-13-9-19(2)10-14-21/h9-16H,3-8,17-18H2,1-2H3,(H,32,36)(H2,31,34,38). The number of unbranched alkanes of at least 4 members (excludes halogenated alkanes) is 1. The first-order valence-corrected chi connectivity index (χ1v) is 17.4. The Hall–Kier alpha value is -3.68. The number of sulfonamides is 1. The monoisotopic (exact) mass is 639 g/mol. The zero-order valence-electron chi connectivity index (χ0n) is 23.9. The number of amides is 3. The van der Waals surface area contributed by atoms with Crippen molar-refractivity contribution in [1.82, 2.24) is 19.6 Å². The smallest absolute Gasteiger partial charge is 0.328 e. The first-order chi connectivity index (χ1) is 20.7. The molecule has 226 valence electrons. The van der Waals surface area contributed by atoms with E-state index in [0.29, 0.717) is 33.3 Å². The molecule has 1 aliphatic carbocycles. The van der Waals surface area contributed by atoms with Gasteiger partial charge >= 0.3 is 6.03 Å². The first-order valence-electron chi connectivity index (χ1n) is 14.1. The number of anilines is 1. The Kier molecular flexibility index (Phi) is 9.52. The van der Waals surface area contributed by atoms with E-state index >= 15 is 0 Å². The molecular formula is C30H33N5O5S3. The number of nitrogens with zero attached hydrogens (tertiary/aromatic N) is 2. The number of benzene rings is 2. The van der Waals surface area contributed by atoms with Crippen LogP contribution in [0.2, 0.25) is 0 Å². The number of fused-ring (bicyclic) bond motifs is 3. The minimum atomic E-state index is -4.06. The van der Waals surface area contributed by atoms with Crippen LogP contribution in [-0.4, -0.2) is 42.2 Å². The number of rotatable bonds is 10. The second-order valence-corrected chi connectivity index (χ2v) is 14.0. The molecule has 0 saturated heterocycles. The lowest BCUT2D eigenvalue weighted by molar-refractivity contribution is -0.113. The maximum Gasteiger partial charge on any atom is 0.328 e. The van der Waals surface area contributed by atoms with E-state index in [1.807, 2.05) is 42.8 Å². The lowest BCUT2D eigenvalue weighted by Gasteiger charge is -2.14. The predicted octanol–water partition coefficient (Wildman–Crippen LogP) is 5.15. The molecule has 13 heteroatoms. The van der Waals surface area contributed by atoms with Crippen LogP contribution >= 0.6 is 23.1 Å². The zero-order chi connectivity index (χ0) is 30.6. The fourth-order valence-corrected chi connectivity index (χ4v) is 7.89. The van der Waals surface area contributed by atoms with Crippen molar-refractivity contribution in [2.45, 2.75) is 62.4 Å². The molecule has 0 aliphatic heterocycles. The number of thiophene rings is 1. The Bertz CT molecular complexity index is 1810. The maximum absolute atomic E-state index is 13.9. The fraction of sp³-hybridized carbons (Fsp3) is 0.333. The van der Waals surface area contributed by atoms with E-state index in [0.717, 1.165) is 49.7 Å². The van der Waals surface area contributed by atoms with Gasteiger partial charge in [-0.3, -0.25) is 14.2 Å². The topological polar surface area (TPSA) is 139 Å². The summed E-state index contributed by atoms with van der Waals surface area (Å²) in [6, 6.07) is 12.4. The molecule has 3 amide bonds. The van der Waals surface area contributed by atoms with Crippen LogP contribution in [0.4, 0.5) is 10.5 Å². The summed E-state index contributed by atoms with van der Waals surface area (Å²) < 4.78 is 28.6. The molecule has 0 unspecified atom stereocenters. The van der Waals surface area contributed by atoms with Crippen molar-refractivity contribution >= 4 is 61.0 Å². The zero-order valence-corrected chi connectivity index (χ0v) is 26.4. The van der Waals surface area contributed by atoms with Gasteiger partial charge in [-0.15, -0.1) is 11.3 Å². The minimum Gasteiger partial charge on any atom is -0.337 e. The van der Waals surface area contributed by atoms with Gasteiger partial charge < -0.3 is 10.6 Å². The van der Waals surface area contributed by atoms with Gasteiger partial charge in [0.05, 0.1) is 21.7 Å². The van der Waals surface area contributed by atoms with Crippen molar-refractivity contribution < 1.29 is 18.0 Å². The number of aromatic nitrogens is 2. The second kappa shape index (κ2) is 13.3. The molecule has 43 heavy (non-hydrogen) atoms. The van der Waals surface area contributed by atoms with E-state index in [1.54, 1.807) is 15.9 Å². The molecule has 4 aromatic rings. The van der Waals surface area contributed by atoms with Crippen LogP contribution in [0.5, 0.6) is 0 Å². The number of urea groups is 1. The van der Waals surface area contributed by atoms with E-state index < -0.39 is 16.1 Å². The van der Waals surface area contributed by atoms with E-state index in [4.69, 9.17) is 4.98 Å². The Labute approximate surface area is 258 Å². The highest BCUT2D eigenvalue weighted by molar-refractivity contribution is 7.99. The highest BCUT2D eigenvalue weighted by Gasteiger charge is 2.23. The Balaban J connectivity index is 1.31. The average Bonchev–Trinajstić information content (AvgIpc) is 3.36. The van der Waals surface area contributed by atoms with Gasteiger partial charge in [-0.25, -0.2) is 22.9 Å². The van der Waals surface area contributed by atoms with Gasteiger partial charge in [0.2, 0.25) is 5.91 Å². The summed E-state index contributed by atoms with van der Waals surface area (Å²) in [6.07, 6.45) is 5.59. The summed E-state index contributed by atoms with van der Waals surface area (Å²) in [5.74, 6) is -0.363. The van der Waals surface area contributed by atoms with Crippen LogP contribution in [0.3, 0.4) is 0 Å². The fourth-order valence-electron chi connectivity index (χ4n) is 4.85. The summed E-state index contributed by atoms with van der Waals surface area (Å²) in [7, 11) is -4.06. The van der Waals surface area contributed by atoms with E-state index in [9.17, 15) is 22.8 Å². The van der Waals surface area contributed by atoms with Crippen molar-refractivity contribution in [3.8, 4) is 5.69 Å². The molecule has 0 spiro atoms. The van der Waals surface area contributed by atoms with Crippen LogP contribution in [-0.2, 0) is 27.7 Å². The van der Waals surface area contributed by atoms with Crippen molar-refractivity contribution in [3.63, 3.8) is 0 Å². The molecule has 0 fully saturated rings. The summed E-state index contributed by atoms with van der Waals surface area (Å²) >= 11 is 2.73. The molecule has 2 heterocycles. The maximum atomic E-state index is 13.9. The van der Waals surface area contributed by atoms with Crippen LogP contribution in [0, 0.1) is 6.92 Å². The van der Waals surface area contributed by atoms with E-state index in [-0.39, 0.29) is 22.1 Å². The Morgan fingerprint density at radius 1 is 1.05 bits per heavy atom. The van der Waals surface area contributed by atoms with Gasteiger partial charge in [0.15, 0.2) is 5.16 Å². The van der Waals surface area contributed by atoms with Gasteiger partial charge in [-0.1, -0.05) is 42.8 Å². The highest BCUT2D eigenvalue weighted by Crippen LogP contribution is 2.35. The molecule has 10 nitrogen and oxygen atoms in total. The number of carbonyl (C=O) groups is 2. The molecule has 0 atom stereocenters. The minimum absolute atomic E-state index is 0.0194. The number of hydrogen-bond acceptors (Lipinski definition) is 8. The quantitative estimate of drug-likeness (QED) is 0.124. The second-order valence-electron chi connectivity index (χ2n) is 10.3. The SMILES string of the molecule is CCCCNC(=O)NS(=O)(=O)c1ccc(NC(=O)CSc2nc3sc4c(c3c(=O)n2-c2ccc(C)cc2)CCCC4)cc1. The van der Waals surface area contributed by atoms with Gasteiger partial charge in [0.1, 0.15) is 4.83 Å². The molecule has 0 radical (unpaired) electrons. The molecule has 1 aliphatic rings. The summed E-state index contributed by atoms with van der Waals surface area (Å²) in [6.45, 7) is 4.32. The number of carbonyl (C=O) groups excluding carboxylic acids is 2. The molecular weight excluding hydrogens is 607 g/mol. The van der Waals surface area contributed by atoms with Crippen molar-refractivity contribution in [3.05, 3.63) is 74.9 Å². The highest BCUT2D eigenvalue weighted by atomic mass is 32.2. The first kappa shape index (κ1) is 30.8. The van der Waals surface area contributed by atoms with E-state index in [1.165, 1.54) is 40.9 Å². The van der Waals surface area contributed by atoms with Crippen LogP contribution < -0.4 is 20.9 Å². The lowest BCUT2D eigenvalue weighted by Crippen LogP contribution is -2.39. The largest absolute Gasteiger partial charge is 0.337 e. The third-order valence-corrected chi connectivity index (χ3v) is 10.5. The van der Waals surface area contributed by atoms with Gasteiger partial charge in [0, 0.05) is 17.1 Å². The van der Waals surface area contributed by atoms with Crippen molar-refractivity contribution in [2.24, 2.45) is 0 Å².